The van der Waals surface area contributed by atoms with Crippen molar-refractivity contribution in [2.24, 2.45) is 5.92 Å². The summed E-state index contributed by atoms with van der Waals surface area (Å²) in [5.74, 6) is -0.604. The molecule has 0 atom stereocenters. The van der Waals surface area contributed by atoms with Crippen LogP contribution < -0.4 is 4.74 Å². The van der Waals surface area contributed by atoms with Gasteiger partial charge in [-0.1, -0.05) is 13.8 Å². The third kappa shape index (κ3) is 4.78. The minimum Gasteiger partial charge on any atom is -0.477 e. The molecule has 6 heteroatoms. The predicted octanol–water partition coefficient (Wildman–Crippen LogP) is 1.23. The van der Waals surface area contributed by atoms with Crippen LogP contribution in [-0.2, 0) is 4.74 Å². The maximum Gasteiger partial charge on any atom is 0.341 e. The summed E-state index contributed by atoms with van der Waals surface area (Å²) in [5, 5.41) is 16.1. The van der Waals surface area contributed by atoms with Crippen LogP contribution in [0.5, 0.6) is 5.88 Å². The molecular formula is C11H16N2O4. The SMILES string of the molecule is CC(C)COCCOc1nnccc1C(=O)O. The standard InChI is InChI=1S/C11H16N2O4/c1-8(2)7-16-5-6-17-10-9(11(14)15)3-4-12-13-10/h3-4,8H,5-7H2,1-2H3,(H,14,15). The van der Waals surface area contributed by atoms with Gasteiger partial charge in [0.1, 0.15) is 12.2 Å². The van der Waals surface area contributed by atoms with E-state index in [1.807, 2.05) is 13.8 Å². The van der Waals surface area contributed by atoms with Gasteiger partial charge >= 0.3 is 5.97 Å². The molecule has 1 aromatic heterocycles. The minimum absolute atomic E-state index is 0.00357. The molecule has 17 heavy (non-hydrogen) atoms. The van der Waals surface area contributed by atoms with Crippen LogP contribution in [0.4, 0.5) is 0 Å². The van der Waals surface area contributed by atoms with Crippen molar-refractivity contribution in [3.63, 3.8) is 0 Å². The quantitative estimate of drug-likeness (QED) is 0.722. The normalized spacial score (nSPS) is 10.5. The molecule has 0 spiro atoms. The Morgan fingerprint density at radius 1 is 1.47 bits per heavy atom. The van der Waals surface area contributed by atoms with Gasteiger partial charge in [-0.3, -0.25) is 0 Å². The Hall–Kier alpha value is -1.69. The maximum absolute atomic E-state index is 10.8. The van der Waals surface area contributed by atoms with E-state index in [0.29, 0.717) is 19.1 Å². The average molecular weight is 240 g/mol. The zero-order chi connectivity index (χ0) is 12.7. The number of hydrogen-bond donors (Lipinski definition) is 1. The Morgan fingerprint density at radius 3 is 2.88 bits per heavy atom. The van der Waals surface area contributed by atoms with E-state index in [0.717, 1.165) is 0 Å². The molecule has 0 saturated carbocycles. The molecular weight excluding hydrogens is 224 g/mol. The largest absolute Gasteiger partial charge is 0.477 e. The second kappa shape index (κ2) is 6.80. The van der Waals surface area contributed by atoms with E-state index < -0.39 is 5.97 Å². The van der Waals surface area contributed by atoms with E-state index in [4.69, 9.17) is 14.6 Å². The van der Waals surface area contributed by atoms with Crippen LogP contribution in [-0.4, -0.2) is 41.1 Å². The van der Waals surface area contributed by atoms with E-state index in [-0.39, 0.29) is 18.1 Å². The highest BCUT2D eigenvalue weighted by molar-refractivity contribution is 5.89. The minimum atomic E-state index is -1.09. The highest BCUT2D eigenvalue weighted by Crippen LogP contribution is 2.12. The molecule has 0 aromatic carbocycles. The molecule has 6 nitrogen and oxygen atoms in total. The van der Waals surface area contributed by atoms with Crippen molar-refractivity contribution >= 4 is 5.97 Å². The van der Waals surface area contributed by atoms with Gasteiger partial charge < -0.3 is 14.6 Å². The molecule has 1 aromatic rings. The van der Waals surface area contributed by atoms with E-state index in [1.165, 1.54) is 12.3 Å². The Labute approximate surface area is 99.6 Å². The van der Waals surface area contributed by atoms with Crippen molar-refractivity contribution in [1.29, 1.82) is 0 Å². The number of carbonyl (C=O) groups is 1. The average Bonchev–Trinajstić information content (AvgIpc) is 2.28. The predicted molar refractivity (Wildman–Crippen MR) is 60.1 cm³/mol. The molecule has 0 aliphatic carbocycles. The highest BCUT2D eigenvalue weighted by atomic mass is 16.5. The van der Waals surface area contributed by atoms with Crippen LogP contribution in [0.2, 0.25) is 0 Å². The van der Waals surface area contributed by atoms with Crippen LogP contribution in [0.25, 0.3) is 0 Å². The van der Waals surface area contributed by atoms with Crippen LogP contribution in [0.15, 0.2) is 12.3 Å². The summed E-state index contributed by atoms with van der Waals surface area (Å²) >= 11 is 0. The lowest BCUT2D eigenvalue weighted by atomic mass is 10.2. The molecule has 0 saturated heterocycles. The molecule has 0 aliphatic rings. The van der Waals surface area contributed by atoms with Crippen LogP contribution in [0.3, 0.4) is 0 Å². The van der Waals surface area contributed by atoms with Gasteiger partial charge in [-0.2, -0.15) is 5.10 Å². The second-order valence-corrected chi connectivity index (χ2v) is 3.87. The first kappa shape index (κ1) is 13.4. The molecule has 0 amide bonds. The first-order valence-corrected chi connectivity index (χ1v) is 5.36. The van der Waals surface area contributed by atoms with Gasteiger partial charge in [0.25, 0.3) is 0 Å². The van der Waals surface area contributed by atoms with Gasteiger partial charge in [0, 0.05) is 6.61 Å². The maximum atomic E-state index is 10.8. The van der Waals surface area contributed by atoms with Crippen molar-refractivity contribution in [3.05, 3.63) is 17.8 Å². The van der Waals surface area contributed by atoms with Crippen LogP contribution >= 0.6 is 0 Å². The number of aromatic nitrogens is 2. The van der Waals surface area contributed by atoms with Gasteiger partial charge in [0.15, 0.2) is 0 Å². The fourth-order valence-electron chi connectivity index (χ4n) is 1.10. The zero-order valence-corrected chi connectivity index (χ0v) is 9.92. The third-order valence-corrected chi connectivity index (χ3v) is 1.83. The Morgan fingerprint density at radius 2 is 2.24 bits per heavy atom. The zero-order valence-electron chi connectivity index (χ0n) is 9.92. The molecule has 1 rings (SSSR count). The van der Waals surface area contributed by atoms with E-state index in [1.54, 1.807) is 0 Å². The summed E-state index contributed by atoms with van der Waals surface area (Å²) in [7, 11) is 0. The van der Waals surface area contributed by atoms with E-state index in [2.05, 4.69) is 10.2 Å². The second-order valence-electron chi connectivity index (χ2n) is 3.87. The lowest BCUT2D eigenvalue weighted by Crippen LogP contribution is -2.13. The number of hydrogen-bond acceptors (Lipinski definition) is 5. The number of aromatic carboxylic acids is 1. The van der Waals surface area contributed by atoms with Gasteiger partial charge in [-0.15, -0.1) is 5.10 Å². The number of carboxylic acids is 1. The van der Waals surface area contributed by atoms with Crippen molar-refractivity contribution in [1.82, 2.24) is 10.2 Å². The van der Waals surface area contributed by atoms with E-state index >= 15 is 0 Å². The fraction of sp³-hybridized carbons (Fsp3) is 0.545. The molecule has 1 N–H and O–H groups in total. The fourth-order valence-corrected chi connectivity index (χ4v) is 1.10. The van der Waals surface area contributed by atoms with Crippen molar-refractivity contribution in [3.8, 4) is 5.88 Å². The molecule has 1 heterocycles. The molecule has 0 bridgehead atoms. The molecule has 94 valence electrons. The number of rotatable bonds is 7. The molecule has 0 fully saturated rings. The summed E-state index contributed by atoms with van der Waals surface area (Å²) in [4.78, 5) is 10.8. The third-order valence-electron chi connectivity index (χ3n) is 1.83. The number of carboxylic acid groups (broad SMARTS) is 1. The highest BCUT2D eigenvalue weighted by Gasteiger charge is 2.12. The first-order chi connectivity index (χ1) is 8.11. The molecule has 0 unspecified atom stereocenters. The summed E-state index contributed by atoms with van der Waals surface area (Å²) in [5.41, 5.74) is 0.00357. The Kier molecular flexibility index (Phi) is 5.35. The van der Waals surface area contributed by atoms with Crippen LogP contribution in [0.1, 0.15) is 24.2 Å². The summed E-state index contributed by atoms with van der Waals surface area (Å²) in [6, 6.07) is 1.35. The van der Waals surface area contributed by atoms with Gasteiger partial charge in [0.05, 0.1) is 12.8 Å². The topological polar surface area (TPSA) is 81.5 Å². The van der Waals surface area contributed by atoms with Crippen LogP contribution in [0, 0.1) is 5.92 Å². The molecule has 0 radical (unpaired) electrons. The van der Waals surface area contributed by atoms with Gasteiger partial charge in [-0.25, -0.2) is 4.79 Å². The monoisotopic (exact) mass is 240 g/mol. The summed E-state index contributed by atoms with van der Waals surface area (Å²) in [6.45, 7) is 5.40. The number of nitrogens with zero attached hydrogens (tertiary/aromatic N) is 2. The lowest BCUT2D eigenvalue weighted by molar-refractivity contribution is 0.0672. The van der Waals surface area contributed by atoms with Crippen molar-refractivity contribution < 1.29 is 19.4 Å². The van der Waals surface area contributed by atoms with E-state index in [9.17, 15) is 4.79 Å². The Bertz CT molecular complexity index is 368. The van der Waals surface area contributed by atoms with Gasteiger partial charge in [0.2, 0.25) is 5.88 Å². The van der Waals surface area contributed by atoms with Gasteiger partial charge in [-0.05, 0) is 12.0 Å². The smallest absolute Gasteiger partial charge is 0.341 e. The number of ether oxygens (including phenoxy) is 2. The summed E-state index contributed by atoms with van der Waals surface area (Å²) < 4.78 is 10.5. The van der Waals surface area contributed by atoms with Crippen molar-refractivity contribution in [2.45, 2.75) is 13.8 Å². The summed E-state index contributed by atoms with van der Waals surface area (Å²) in [6.07, 6.45) is 1.31. The first-order valence-electron chi connectivity index (χ1n) is 5.36. The lowest BCUT2D eigenvalue weighted by Gasteiger charge is -2.08. The molecule has 0 aliphatic heterocycles. The van der Waals surface area contributed by atoms with Crippen molar-refractivity contribution in [2.75, 3.05) is 19.8 Å². The Balaban J connectivity index is 2.39.